The van der Waals surface area contributed by atoms with Crippen molar-refractivity contribution in [2.75, 3.05) is 0 Å². The van der Waals surface area contributed by atoms with Gasteiger partial charge < -0.3 is 15.6 Å². The van der Waals surface area contributed by atoms with Crippen LogP contribution in [0.1, 0.15) is 26.5 Å². The van der Waals surface area contributed by atoms with Crippen molar-refractivity contribution in [2.24, 2.45) is 11.1 Å². The average Bonchev–Trinajstić information content (AvgIpc) is 2.63. The molecule has 1 heterocycles. The van der Waals surface area contributed by atoms with E-state index < -0.39 is 6.04 Å². The molecule has 3 N–H and O–H groups in total. The molecule has 1 amide bonds. The molecule has 15 heavy (non-hydrogen) atoms. The molecule has 5 nitrogen and oxygen atoms in total. The molecule has 0 fully saturated rings. The predicted octanol–water partition coefficient (Wildman–Crippen LogP) is 0.664. The van der Waals surface area contributed by atoms with Crippen molar-refractivity contribution in [1.29, 1.82) is 0 Å². The van der Waals surface area contributed by atoms with E-state index in [2.05, 4.69) is 15.0 Å². The lowest BCUT2D eigenvalue weighted by atomic mass is 9.87. The molecule has 1 rings (SSSR count). The summed E-state index contributed by atoms with van der Waals surface area (Å²) in [5.74, 6) is -0.175. The standard InChI is InChI=1S/C10H17N3O2/c1-10(2,3)8(11)9(14)12-6-7-4-5-15-13-7/h4-5,8H,6,11H2,1-3H3,(H,12,14)/t8-/m1/s1. The fraction of sp³-hybridized carbons (Fsp3) is 0.600. The Morgan fingerprint density at radius 1 is 1.67 bits per heavy atom. The van der Waals surface area contributed by atoms with E-state index in [1.54, 1.807) is 6.07 Å². The van der Waals surface area contributed by atoms with Gasteiger partial charge in [0, 0.05) is 6.07 Å². The fourth-order valence-electron chi connectivity index (χ4n) is 1.01. The molecule has 0 saturated heterocycles. The normalized spacial score (nSPS) is 13.6. The number of hydrogen-bond donors (Lipinski definition) is 2. The van der Waals surface area contributed by atoms with Crippen LogP contribution < -0.4 is 11.1 Å². The number of nitrogens with zero attached hydrogens (tertiary/aromatic N) is 1. The Kier molecular flexibility index (Phi) is 3.47. The molecular formula is C10H17N3O2. The maximum Gasteiger partial charge on any atom is 0.237 e. The predicted molar refractivity (Wildman–Crippen MR) is 55.8 cm³/mol. The summed E-state index contributed by atoms with van der Waals surface area (Å²) in [5.41, 5.74) is 6.22. The second-order valence-corrected chi connectivity index (χ2v) is 4.55. The molecule has 0 saturated carbocycles. The number of nitrogens with two attached hydrogens (primary N) is 1. The molecular weight excluding hydrogens is 194 g/mol. The molecule has 1 atom stereocenters. The van der Waals surface area contributed by atoms with E-state index in [-0.39, 0.29) is 11.3 Å². The summed E-state index contributed by atoms with van der Waals surface area (Å²) in [5, 5.41) is 6.38. The highest BCUT2D eigenvalue weighted by Gasteiger charge is 2.27. The highest BCUT2D eigenvalue weighted by atomic mass is 16.5. The molecule has 1 aromatic heterocycles. The number of aromatic nitrogens is 1. The van der Waals surface area contributed by atoms with Crippen LogP contribution in [0, 0.1) is 5.41 Å². The third kappa shape index (κ3) is 3.36. The number of carbonyl (C=O) groups is 1. The van der Waals surface area contributed by atoms with Gasteiger partial charge in [-0.25, -0.2) is 0 Å². The van der Waals surface area contributed by atoms with Crippen molar-refractivity contribution < 1.29 is 9.32 Å². The third-order valence-electron chi connectivity index (χ3n) is 2.15. The smallest absolute Gasteiger partial charge is 0.237 e. The maximum absolute atomic E-state index is 11.6. The first-order valence-electron chi connectivity index (χ1n) is 4.84. The quantitative estimate of drug-likeness (QED) is 0.769. The minimum absolute atomic E-state index is 0.175. The molecule has 0 aliphatic rings. The van der Waals surface area contributed by atoms with Gasteiger partial charge in [-0.1, -0.05) is 25.9 Å². The van der Waals surface area contributed by atoms with Gasteiger partial charge in [-0.2, -0.15) is 0 Å². The minimum atomic E-state index is -0.524. The van der Waals surface area contributed by atoms with Crippen molar-refractivity contribution in [3.05, 3.63) is 18.0 Å². The first-order valence-corrected chi connectivity index (χ1v) is 4.84. The van der Waals surface area contributed by atoms with Crippen LogP contribution in [0.2, 0.25) is 0 Å². The van der Waals surface area contributed by atoms with Crippen LogP contribution in [-0.2, 0) is 11.3 Å². The van der Waals surface area contributed by atoms with Gasteiger partial charge in [0.25, 0.3) is 0 Å². The number of nitrogens with one attached hydrogen (secondary N) is 1. The van der Waals surface area contributed by atoms with Gasteiger partial charge in [-0.3, -0.25) is 4.79 Å². The molecule has 0 aromatic carbocycles. The van der Waals surface area contributed by atoms with Crippen molar-refractivity contribution in [2.45, 2.75) is 33.4 Å². The zero-order chi connectivity index (χ0) is 11.5. The van der Waals surface area contributed by atoms with E-state index >= 15 is 0 Å². The van der Waals surface area contributed by atoms with Crippen LogP contribution in [0.5, 0.6) is 0 Å². The SMILES string of the molecule is CC(C)(C)[C@H](N)C(=O)NCc1ccon1. The molecule has 0 bridgehead atoms. The number of carbonyl (C=O) groups excluding carboxylic acids is 1. The monoisotopic (exact) mass is 211 g/mol. The average molecular weight is 211 g/mol. The number of amides is 1. The lowest BCUT2D eigenvalue weighted by Crippen LogP contribution is -2.48. The molecule has 0 aliphatic carbocycles. The van der Waals surface area contributed by atoms with E-state index in [9.17, 15) is 4.79 Å². The van der Waals surface area contributed by atoms with E-state index in [0.717, 1.165) is 0 Å². The van der Waals surface area contributed by atoms with Crippen LogP contribution >= 0.6 is 0 Å². The van der Waals surface area contributed by atoms with Crippen molar-refractivity contribution in [3.8, 4) is 0 Å². The Morgan fingerprint density at radius 2 is 2.33 bits per heavy atom. The summed E-state index contributed by atoms with van der Waals surface area (Å²) in [7, 11) is 0. The van der Waals surface area contributed by atoms with Gasteiger partial charge in [0.2, 0.25) is 5.91 Å². The molecule has 0 aliphatic heterocycles. The zero-order valence-corrected chi connectivity index (χ0v) is 9.28. The van der Waals surface area contributed by atoms with Crippen LogP contribution in [0.4, 0.5) is 0 Å². The maximum atomic E-state index is 11.6. The third-order valence-corrected chi connectivity index (χ3v) is 2.15. The summed E-state index contributed by atoms with van der Waals surface area (Å²) < 4.78 is 4.64. The fourth-order valence-corrected chi connectivity index (χ4v) is 1.01. The van der Waals surface area contributed by atoms with Crippen molar-refractivity contribution >= 4 is 5.91 Å². The number of hydrogen-bond acceptors (Lipinski definition) is 4. The van der Waals surface area contributed by atoms with Gasteiger partial charge in [0.15, 0.2) is 0 Å². The first kappa shape index (κ1) is 11.7. The summed E-state index contributed by atoms with van der Waals surface area (Å²) in [6.07, 6.45) is 1.46. The Hall–Kier alpha value is -1.36. The summed E-state index contributed by atoms with van der Waals surface area (Å²) in [4.78, 5) is 11.6. The van der Waals surface area contributed by atoms with Crippen molar-refractivity contribution in [1.82, 2.24) is 10.5 Å². The molecule has 5 heteroatoms. The van der Waals surface area contributed by atoms with Gasteiger partial charge in [-0.15, -0.1) is 0 Å². The van der Waals surface area contributed by atoms with Crippen LogP contribution in [0.15, 0.2) is 16.9 Å². The van der Waals surface area contributed by atoms with Gasteiger partial charge >= 0.3 is 0 Å². The zero-order valence-electron chi connectivity index (χ0n) is 9.28. The Bertz CT molecular complexity index is 314. The van der Waals surface area contributed by atoms with E-state index in [1.165, 1.54) is 6.26 Å². The molecule has 1 aromatic rings. The van der Waals surface area contributed by atoms with Crippen LogP contribution in [0.3, 0.4) is 0 Å². The summed E-state index contributed by atoms with van der Waals surface area (Å²) in [6, 6.07) is 1.17. The van der Waals surface area contributed by atoms with Crippen LogP contribution in [0.25, 0.3) is 0 Å². The largest absolute Gasteiger partial charge is 0.364 e. The number of rotatable bonds is 3. The lowest BCUT2D eigenvalue weighted by molar-refractivity contribution is -0.124. The highest BCUT2D eigenvalue weighted by molar-refractivity contribution is 5.82. The second kappa shape index (κ2) is 4.44. The molecule has 0 unspecified atom stereocenters. The summed E-state index contributed by atoms with van der Waals surface area (Å²) >= 11 is 0. The Morgan fingerprint density at radius 3 is 2.80 bits per heavy atom. The van der Waals surface area contributed by atoms with Gasteiger partial charge in [0.1, 0.15) is 12.0 Å². The Labute approximate surface area is 89.0 Å². The topological polar surface area (TPSA) is 81.2 Å². The Balaban J connectivity index is 2.43. The summed E-state index contributed by atoms with van der Waals surface area (Å²) in [6.45, 7) is 6.12. The molecule has 0 spiro atoms. The van der Waals surface area contributed by atoms with E-state index in [1.807, 2.05) is 20.8 Å². The van der Waals surface area contributed by atoms with Gasteiger partial charge in [0.05, 0.1) is 12.6 Å². The molecule has 0 radical (unpaired) electrons. The lowest BCUT2D eigenvalue weighted by Gasteiger charge is -2.25. The van der Waals surface area contributed by atoms with Crippen LogP contribution in [-0.4, -0.2) is 17.1 Å². The minimum Gasteiger partial charge on any atom is -0.364 e. The van der Waals surface area contributed by atoms with Gasteiger partial charge in [-0.05, 0) is 5.41 Å². The second-order valence-electron chi connectivity index (χ2n) is 4.55. The van der Waals surface area contributed by atoms with E-state index in [4.69, 9.17) is 5.73 Å². The first-order chi connectivity index (χ1) is 6.91. The van der Waals surface area contributed by atoms with E-state index in [0.29, 0.717) is 12.2 Å². The molecule has 84 valence electrons. The van der Waals surface area contributed by atoms with Crippen molar-refractivity contribution in [3.63, 3.8) is 0 Å². The highest BCUT2D eigenvalue weighted by Crippen LogP contribution is 2.17.